The van der Waals surface area contributed by atoms with E-state index in [2.05, 4.69) is 5.32 Å². The molecule has 0 aliphatic rings. The van der Waals surface area contributed by atoms with Crippen LogP contribution in [-0.4, -0.2) is 62.8 Å². The third-order valence-corrected chi connectivity index (χ3v) is 6.23. The average Bonchev–Trinajstić information content (AvgIpc) is 2.90. The second kappa shape index (κ2) is 16.6. The molecule has 0 fully saturated rings. The minimum absolute atomic E-state index is 0.0545. The predicted octanol–water partition coefficient (Wildman–Crippen LogP) is 4.97. The molecular weight excluding hydrogens is 510 g/mol. The van der Waals surface area contributed by atoms with Gasteiger partial charge in [0.05, 0.1) is 12.5 Å². The van der Waals surface area contributed by atoms with Crippen molar-refractivity contribution in [3.8, 4) is 11.5 Å². The molecule has 0 radical (unpaired) electrons. The molecule has 1 aromatic rings. The summed E-state index contributed by atoms with van der Waals surface area (Å²) in [6.45, 7) is 12.9. The van der Waals surface area contributed by atoms with Gasteiger partial charge in [0.15, 0.2) is 11.5 Å². The second-order valence-electron chi connectivity index (χ2n) is 9.77. The molecule has 1 aromatic carbocycles. The molecule has 0 aliphatic carbocycles. The van der Waals surface area contributed by atoms with E-state index in [1.165, 1.54) is 19.2 Å². The first kappa shape index (κ1) is 33.7. The van der Waals surface area contributed by atoms with Gasteiger partial charge in [-0.15, -0.1) is 0 Å². The van der Waals surface area contributed by atoms with E-state index in [0.717, 1.165) is 0 Å². The molecule has 1 rings (SSSR count). The second-order valence-corrected chi connectivity index (χ2v) is 9.77. The molecule has 11 heteroatoms. The summed E-state index contributed by atoms with van der Waals surface area (Å²) in [6, 6.07) is 3.71. The van der Waals surface area contributed by atoms with Crippen molar-refractivity contribution in [2.75, 3.05) is 20.3 Å². The molecule has 0 saturated carbocycles. The topological polar surface area (TPSA) is 136 Å². The van der Waals surface area contributed by atoms with Gasteiger partial charge in [0.25, 0.3) is 0 Å². The van der Waals surface area contributed by atoms with Gasteiger partial charge in [-0.2, -0.15) is 0 Å². The predicted molar refractivity (Wildman–Crippen MR) is 143 cm³/mol. The van der Waals surface area contributed by atoms with Crippen molar-refractivity contribution in [1.82, 2.24) is 5.32 Å². The summed E-state index contributed by atoms with van der Waals surface area (Å²) >= 11 is 0. The average molecular weight is 554 g/mol. The molecule has 11 nitrogen and oxygen atoms in total. The third kappa shape index (κ3) is 11.9. The smallest absolute Gasteiger partial charge is 0.468 e. The summed E-state index contributed by atoms with van der Waals surface area (Å²) in [7, 11) is 1.26. The van der Waals surface area contributed by atoms with Gasteiger partial charge in [-0.1, -0.05) is 26.8 Å². The number of esters is 2. The van der Waals surface area contributed by atoms with Crippen molar-refractivity contribution >= 4 is 24.2 Å². The van der Waals surface area contributed by atoms with Crippen molar-refractivity contribution in [2.45, 2.75) is 92.4 Å². The maximum Gasteiger partial charge on any atom is 0.514 e. The van der Waals surface area contributed by atoms with E-state index < -0.39 is 29.7 Å². The van der Waals surface area contributed by atoms with Gasteiger partial charge in [-0.25, -0.2) is 9.59 Å². The summed E-state index contributed by atoms with van der Waals surface area (Å²) in [5.41, 5.74) is -0.0324. The van der Waals surface area contributed by atoms with Crippen LogP contribution in [0.2, 0.25) is 0 Å². The normalized spacial score (nSPS) is 13.4. The summed E-state index contributed by atoms with van der Waals surface area (Å²) in [6.07, 6.45) is -0.730. The Bertz CT molecular complexity index is 962. The van der Waals surface area contributed by atoms with Crippen molar-refractivity contribution in [2.24, 2.45) is 5.41 Å². The lowest BCUT2D eigenvalue weighted by Crippen LogP contribution is -2.41. The van der Waals surface area contributed by atoms with Gasteiger partial charge in [-0.05, 0) is 71.1 Å². The van der Waals surface area contributed by atoms with Crippen molar-refractivity contribution in [3.05, 3.63) is 23.8 Å². The van der Waals surface area contributed by atoms with Crippen molar-refractivity contribution in [1.29, 1.82) is 0 Å². The first-order valence-electron chi connectivity index (χ1n) is 13.2. The highest BCUT2D eigenvalue weighted by atomic mass is 16.7. The van der Waals surface area contributed by atoms with Gasteiger partial charge in [-0.3, -0.25) is 9.59 Å². The molecule has 3 atom stereocenters. The summed E-state index contributed by atoms with van der Waals surface area (Å²) in [5, 5.41) is 3.02. The number of hydrogen-bond donors (Lipinski definition) is 1. The van der Waals surface area contributed by atoms with E-state index in [1.54, 1.807) is 33.8 Å². The van der Waals surface area contributed by atoms with Gasteiger partial charge in [0.1, 0.15) is 24.9 Å². The maximum absolute atomic E-state index is 12.4. The number of carbonyl (C=O) groups is 4. The van der Waals surface area contributed by atoms with E-state index in [1.807, 2.05) is 20.8 Å². The van der Waals surface area contributed by atoms with Crippen LogP contribution in [0.5, 0.6) is 11.5 Å². The molecule has 2 unspecified atom stereocenters. The molecular formula is C28H43NO10. The van der Waals surface area contributed by atoms with Crippen LogP contribution >= 0.6 is 0 Å². The quantitative estimate of drug-likeness (QED) is 0.136. The molecule has 1 N–H and O–H groups in total. The molecule has 220 valence electrons. The minimum atomic E-state index is -0.971. The molecule has 39 heavy (non-hydrogen) atoms. The van der Waals surface area contributed by atoms with Gasteiger partial charge in [0.2, 0.25) is 0 Å². The molecule has 0 heterocycles. The van der Waals surface area contributed by atoms with E-state index >= 15 is 0 Å². The van der Waals surface area contributed by atoms with Crippen LogP contribution < -0.4 is 14.8 Å². The number of hydrogen-bond acceptors (Lipinski definition) is 11. The lowest BCUT2D eigenvalue weighted by molar-refractivity contribution is -0.154. The summed E-state index contributed by atoms with van der Waals surface area (Å²) < 4.78 is 31.2. The fourth-order valence-electron chi connectivity index (χ4n) is 2.90. The lowest BCUT2D eigenvalue weighted by atomic mass is 9.91. The van der Waals surface area contributed by atoms with Crippen molar-refractivity contribution < 1.29 is 47.6 Å². The highest BCUT2D eigenvalue weighted by Crippen LogP contribution is 2.30. The highest BCUT2D eigenvalue weighted by molar-refractivity contribution is 5.77. The van der Waals surface area contributed by atoms with Crippen molar-refractivity contribution in [3.63, 3.8) is 0 Å². The molecule has 0 aliphatic heterocycles. The molecule has 0 aromatic heterocycles. The zero-order chi connectivity index (χ0) is 29.6. The first-order valence-corrected chi connectivity index (χ1v) is 13.2. The van der Waals surface area contributed by atoms with Gasteiger partial charge in [0, 0.05) is 6.54 Å². The Morgan fingerprint density at radius 2 is 1.46 bits per heavy atom. The number of rotatable bonds is 15. The Balaban J connectivity index is 3.05. The highest BCUT2D eigenvalue weighted by Gasteiger charge is 2.27. The van der Waals surface area contributed by atoms with Crippen LogP contribution in [-0.2, 0) is 35.0 Å². The third-order valence-electron chi connectivity index (χ3n) is 6.23. The van der Waals surface area contributed by atoms with Crippen LogP contribution in [0.3, 0.4) is 0 Å². The zero-order valence-electron chi connectivity index (χ0n) is 24.3. The zero-order valence-corrected chi connectivity index (χ0v) is 24.3. The monoisotopic (exact) mass is 553 g/mol. The maximum atomic E-state index is 12.4. The van der Waals surface area contributed by atoms with E-state index in [4.69, 9.17) is 28.4 Å². The number of benzene rings is 1. The SMILES string of the molecule is CCC(C)OC(=O)Oc1ccc(C[C@H](NCCOC(=O)C(C)(C)CC)C(=O)OC)cc1OC(=O)OC(C)CC. The number of methoxy groups -OCH3 is 1. The number of nitrogens with one attached hydrogen (secondary N) is 1. The number of ether oxygens (including phenoxy) is 6. The number of carbonyl (C=O) groups excluding carboxylic acids is 4. The minimum Gasteiger partial charge on any atom is -0.468 e. The summed E-state index contributed by atoms with van der Waals surface area (Å²) in [4.78, 5) is 49.1. The fourth-order valence-corrected chi connectivity index (χ4v) is 2.90. The lowest BCUT2D eigenvalue weighted by Gasteiger charge is -2.21. The van der Waals surface area contributed by atoms with Gasteiger partial charge >= 0.3 is 24.2 Å². The first-order chi connectivity index (χ1) is 18.4. The Hall–Kier alpha value is -3.34. The van der Waals surface area contributed by atoms with Gasteiger partial charge < -0.3 is 33.7 Å². The Morgan fingerprint density at radius 3 is 1.97 bits per heavy atom. The Labute approximate surface area is 230 Å². The van der Waals surface area contributed by atoms with Crippen LogP contribution in [0, 0.1) is 5.41 Å². The Kier molecular flexibility index (Phi) is 14.3. The molecule has 0 saturated heterocycles. The standard InChI is InChI=1S/C28H43NO10/c1-9-18(4)36-26(32)38-22-13-12-20(17-23(22)39-27(33)37-19(5)10-2)16-21(24(30)34-8)29-14-15-35-25(31)28(6,7)11-3/h12-13,17-19,21,29H,9-11,14-16H2,1-8H3/t18?,19?,21-/m0/s1. The van der Waals surface area contributed by atoms with Crippen LogP contribution in [0.25, 0.3) is 0 Å². The van der Waals surface area contributed by atoms with E-state index in [0.29, 0.717) is 24.8 Å². The summed E-state index contributed by atoms with van der Waals surface area (Å²) in [5.74, 6) is -0.997. The molecule has 0 spiro atoms. The Morgan fingerprint density at radius 1 is 0.897 bits per heavy atom. The van der Waals surface area contributed by atoms with Crippen LogP contribution in [0.15, 0.2) is 18.2 Å². The van der Waals surface area contributed by atoms with E-state index in [-0.39, 0.29) is 49.2 Å². The van der Waals surface area contributed by atoms with Crippen LogP contribution in [0.1, 0.15) is 73.3 Å². The van der Waals surface area contributed by atoms with E-state index in [9.17, 15) is 19.2 Å². The molecule has 0 amide bonds. The molecule has 0 bridgehead atoms. The fraction of sp³-hybridized carbons (Fsp3) is 0.643. The largest absolute Gasteiger partial charge is 0.514 e. The van der Waals surface area contributed by atoms with Crippen LogP contribution in [0.4, 0.5) is 9.59 Å².